The van der Waals surface area contributed by atoms with Gasteiger partial charge in [0.1, 0.15) is 0 Å². The van der Waals surface area contributed by atoms with E-state index in [0.29, 0.717) is 18.2 Å². The molecular weight excluding hydrogens is 506 g/mol. The molecule has 1 aliphatic carbocycles. The summed E-state index contributed by atoms with van der Waals surface area (Å²) < 4.78 is 25.9. The molecule has 212 valence electrons. The van der Waals surface area contributed by atoms with Gasteiger partial charge >= 0.3 is 0 Å². The van der Waals surface area contributed by atoms with E-state index in [2.05, 4.69) is 71.7 Å². The highest BCUT2D eigenvalue weighted by Gasteiger charge is 2.21. The third-order valence-corrected chi connectivity index (χ3v) is 7.84. The van der Waals surface area contributed by atoms with Crippen LogP contribution < -0.4 is 4.72 Å². The van der Waals surface area contributed by atoms with Crippen molar-refractivity contribution in [2.75, 3.05) is 39.0 Å². The van der Waals surface area contributed by atoms with E-state index in [-0.39, 0.29) is 6.61 Å². The minimum Gasteiger partial charge on any atom is -0.396 e. The lowest BCUT2D eigenvalue weighted by Crippen LogP contribution is -2.48. The van der Waals surface area contributed by atoms with E-state index in [1.54, 1.807) is 6.92 Å². The third kappa shape index (κ3) is 9.38. The summed E-state index contributed by atoms with van der Waals surface area (Å²) in [6.07, 6.45) is 16.1. The zero-order valence-corrected chi connectivity index (χ0v) is 25.0. The minimum atomic E-state index is -3.34. The molecule has 1 aromatic carbocycles. The number of benzene rings is 1. The second-order valence-corrected chi connectivity index (χ2v) is 12.4. The van der Waals surface area contributed by atoms with Crippen LogP contribution in [0.25, 0.3) is 5.57 Å². The van der Waals surface area contributed by atoms with E-state index in [0.717, 1.165) is 67.6 Å². The smallest absolute Gasteiger partial charge is 0.229 e. The molecule has 0 atom stereocenters. The zero-order valence-electron chi connectivity index (χ0n) is 24.2. The van der Waals surface area contributed by atoms with Crippen molar-refractivity contribution >= 4 is 15.6 Å². The van der Waals surface area contributed by atoms with E-state index < -0.39 is 10.0 Å². The van der Waals surface area contributed by atoms with Crippen molar-refractivity contribution < 1.29 is 13.5 Å². The fraction of sp³-hybridized carbons (Fsp3) is 0.438. The fourth-order valence-electron chi connectivity index (χ4n) is 5.15. The Morgan fingerprint density at radius 1 is 1.05 bits per heavy atom. The summed E-state index contributed by atoms with van der Waals surface area (Å²) in [6, 6.07) is 10.9. The molecule has 39 heavy (non-hydrogen) atoms. The Labute approximate surface area is 235 Å². The summed E-state index contributed by atoms with van der Waals surface area (Å²) in [7, 11) is -3.34. The predicted molar refractivity (Wildman–Crippen MR) is 163 cm³/mol. The lowest BCUT2D eigenvalue weighted by atomic mass is 9.86. The van der Waals surface area contributed by atoms with Crippen LogP contribution in [0.5, 0.6) is 0 Å². The Bertz CT molecular complexity index is 1260. The van der Waals surface area contributed by atoms with E-state index in [4.69, 9.17) is 0 Å². The number of sulfonamides is 1. The molecule has 0 spiro atoms. The van der Waals surface area contributed by atoms with Crippen molar-refractivity contribution in [1.82, 2.24) is 14.5 Å². The number of piperazine rings is 1. The van der Waals surface area contributed by atoms with Gasteiger partial charge in [0.25, 0.3) is 0 Å². The monoisotopic (exact) mass is 551 g/mol. The van der Waals surface area contributed by atoms with Crippen LogP contribution in [0.15, 0.2) is 94.9 Å². The first kappa shape index (κ1) is 30.7. The SMILES string of the molecule is C\C(=C/C=C(C)/C(C1=CC=C(N2CCN(C(C)C)CC2)CC=C1)=C(\CCCO)c1ccccc1)NS(C)(=O)=O. The molecule has 1 aromatic rings. The van der Waals surface area contributed by atoms with Crippen LogP contribution in [0.4, 0.5) is 0 Å². The number of aliphatic hydroxyl groups is 1. The van der Waals surface area contributed by atoms with Gasteiger partial charge in [-0.05, 0) is 80.5 Å². The van der Waals surface area contributed by atoms with E-state index in [1.807, 2.05) is 30.4 Å². The second kappa shape index (κ2) is 14.5. The van der Waals surface area contributed by atoms with Crippen LogP contribution in [-0.4, -0.2) is 68.4 Å². The molecule has 0 aromatic heterocycles. The molecule has 7 heteroatoms. The molecule has 0 unspecified atom stereocenters. The second-order valence-electron chi connectivity index (χ2n) is 10.6. The maximum absolute atomic E-state index is 11.7. The first-order valence-electron chi connectivity index (χ1n) is 13.9. The van der Waals surface area contributed by atoms with E-state index in [9.17, 15) is 13.5 Å². The largest absolute Gasteiger partial charge is 0.396 e. The Morgan fingerprint density at radius 3 is 2.36 bits per heavy atom. The van der Waals surface area contributed by atoms with Crippen molar-refractivity contribution in [3.63, 3.8) is 0 Å². The van der Waals surface area contributed by atoms with Gasteiger partial charge in [-0.3, -0.25) is 9.62 Å². The zero-order chi connectivity index (χ0) is 28.4. The molecule has 2 aliphatic rings. The molecule has 0 amide bonds. The Balaban J connectivity index is 2.06. The van der Waals surface area contributed by atoms with Crippen LogP contribution in [0, 0.1) is 0 Å². The summed E-state index contributed by atoms with van der Waals surface area (Å²) in [5.74, 6) is 0. The molecule has 0 bridgehead atoms. The number of hydrogen-bond acceptors (Lipinski definition) is 5. The Kier molecular flexibility index (Phi) is 11.4. The molecule has 1 saturated heterocycles. The van der Waals surface area contributed by atoms with Gasteiger partial charge in [-0.25, -0.2) is 8.42 Å². The number of hydrogen-bond donors (Lipinski definition) is 2. The van der Waals surface area contributed by atoms with E-state index in [1.165, 1.54) is 11.3 Å². The quantitative estimate of drug-likeness (QED) is 0.360. The maximum Gasteiger partial charge on any atom is 0.229 e. The van der Waals surface area contributed by atoms with Gasteiger partial charge in [0, 0.05) is 56.6 Å². The van der Waals surface area contributed by atoms with Gasteiger partial charge < -0.3 is 10.0 Å². The highest BCUT2D eigenvalue weighted by atomic mass is 32.2. The molecule has 2 N–H and O–H groups in total. The fourth-order valence-corrected chi connectivity index (χ4v) is 5.80. The number of allylic oxidation sites excluding steroid dienone is 11. The molecule has 1 aliphatic heterocycles. The maximum atomic E-state index is 11.7. The van der Waals surface area contributed by atoms with Crippen LogP contribution >= 0.6 is 0 Å². The van der Waals surface area contributed by atoms with Crippen molar-refractivity contribution in [1.29, 1.82) is 0 Å². The van der Waals surface area contributed by atoms with Gasteiger partial charge in [0.05, 0.1) is 6.26 Å². The lowest BCUT2D eigenvalue weighted by molar-refractivity contribution is 0.129. The summed E-state index contributed by atoms with van der Waals surface area (Å²) >= 11 is 0. The van der Waals surface area contributed by atoms with E-state index >= 15 is 0 Å². The average Bonchev–Trinajstić information content (AvgIpc) is 3.15. The standard InChI is InChI=1S/C32H45N3O3S/c1-25(2)34-20-22-35(23-21-34)30-14-9-13-29(18-19-30)32(26(3)16-17-27(4)33-39(5,37)38)31(15-10-24-36)28-11-7-6-8-12-28/h6-9,11-13,16-19,25,33,36H,10,14-15,20-24H2,1-5H3/b26-16+,27-17+,32-31-. The van der Waals surface area contributed by atoms with Gasteiger partial charge in [0.15, 0.2) is 0 Å². The average molecular weight is 552 g/mol. The van der Waals surface area contributed by atoms with Gasteiger partial charge in [-0.2, -0.15) is 0 Å². The van der Waals surface area contributed by atoms with Gasteiger partial charge in [-0.1, -0.05) is 54.6 Å². The topological polar surface area (TPSA) is 72.9 Å². The summed E-state index contributed by atoms with van der Waals surface area (Å²) in [5, 5.41) is 9.69. The molecule has 0 saturated carbocycles. The number of nitrogens with zero attached hydrogens (tertiary/aromatic N) is 2. The van der Waals surface area contributed by atoms with Crippen LogP contribution in [0.2, 0.25) is 0 Å². The first-order chi connectivity index (χ1) is 18.6. The predicted octanol–water partition coefficient (Wildman–Crippen LogP) is 5.41. The van der Waals surface area contributed by atoms with Crippen molar-refractivity contribution in [2.24, 2.45) is 0 Å². The van der Waals surface area contributed by atoms with Crippen LogP contribution in [-0.2, 0) is 10.0 Å². The van der Waals surface area contributed by atoms with Crippen molar-refractivity contribution in [3.05, 3.63) is 100 Å². The van der Waals surface area contributed by atoms with Crippen molar-refractivity contribution in [3.8, 4) is 0 Å². The minimum absolute atomic E-state index is 0.116. The molecule has 3 rings (SSSR count). The molecule has 1 fully saturated rings. The Hall–Kier alpha value is -2.87. The highest BCUT2D eigenvalue weighted by Crippen LogP contribution is 2.35. The molecular formula is C32H45N3O3S. The summed E-state index contributed by atoms with van der Waals surface area (Å²) in [5.41, 5.74) is 7.42. The van der Waals surface area contributed by atoms with Crippen molar-refractivity contribution in [2.45, 2.75) is 53.0 Å². The summed E-state index contributed by atoms with van der Waals surface area (Å²) in [6.45, 7) is 12.7. The third-order valence-electron chi connectivity index (χ3n) is 7.15. The normalized spacial score (nSPS) is 18.5. The summed E-state index contributed by atoms with van der Waals surface area (Å²) in [4.78, 5) is 5.03. The number of aliphatic hydroxyl groups excluding tert-OH is 1. The molecule has 6 nitrogen and oxygen atoms in total. The van der Waals surface area contributed by atoms with Gasteiger partial charge in [-0.15, -0.1) is 0 Å². The Morgan fingerprint density at radius 2 is 1.74 bits per heavy atom. The lowest BCUT2D eigenvalue weighted by Gasteiger charge is -2.39. The number of rotatable bonds is 11. The van der Waals surface area contributed by atoms with Gasteiger partial charge in [0.2, 0.25) is 10.0 Å². The number of nitrogens with one attached hydrogen (secondary N) is 1. The van der Waals surface area contributed by atoms with Crippen LogP contribution in [0.1, 0.15) is 52.5 Å². The van der Waals surface area contributed by atoms with Crippen LogP contribution in [0.3, 0.4) is 0 Å². The highest BCUT2D eigenvalue weighted by molar-refractivity contribution is 7.88. The molecule has 0 radical (unpaired) electrons. The first-order valence-corrected chi connectivity index (χ1v) is 15.8. The molecule has 1 heterocycles.